The van der Waals surface area contributed by atoms with E-state index in [2.05, 4.69) is 24.3 Å². The van der Waals surface area contributed by atoms with E-state index in [1.807, 2.05) is 24.3 Å². The highest BCUT2D eigenvalue weighted by molar-refractivity contribution is 5.79. The van der Waals surface area contributed by atoms with E-state index < -0.39 is 0 Å². The van der Waals surface area contributed by atoms with Crippen molar-refractivity contribution in [2.75, 3.05) is 106 Å². The molecule has 43 heavy (non-hydrogen) atoms. The van der Waals surface area contributed by atoms with Gasteiger partial charge in [-0.15, -0.1) is 0 Å². The summed E-state index contributed by atoms with van der Waals surface area (Å²) in [7, 11) is 1.71. The fourth-order valence-electron chi connectivity index (χ4n) is 4.44. The molecule has 0 fully saturated rings. The van der Waals surface area contributed by atoms with E-state index in [9.17, 15) is 9.59 Å². The van der Waals surface area contributed by atoms with Crippen LogP contribution in [-0.4, -0.2) is 123 Å². The average molecular weight is 604 g/mol. The zero-order chi connectivity index (χ0) is 30.5. The molecule has 0 heterocycles. The molecule has 0 saturated heterocycles. The molecule has 1 aliphatic carbocycles. The molecule has 0 spiro atoms. The number of hydrogen-bond acceptors (Lipinski definition) is 10. The van der Waals surface area contributed by atoms with Gasteiger partial charge in [0.15, 0.2) is 0 Å². The van der Waals surface area contributed by atoms with E-state index >= 15 is 0 Å². The minimum Gasteiger partial charge on any atom is -0.463 e. The summed E-state index contributed by atoms with van der Waals surface area (Å²) in [6.45, 7) is 7.68. The van der Waals surface area contributed by atoms with Crippen molar-refractivity contribution in [1.82, 2.24) is 4.90 Å². The Kier molecular flexibility index (Phi) is 16.6. The van der Waals surface area contributed by atoms with Crippen molar-refractivity contribution in [3.63, 3.8) is 0 Å². The second-order valence-electron chi connectivity index (χ2n) is 9.74. The average Bonchev–Trinajstić information content (AvgIpc) is 3.33. The molecule has 11 nitrogen and oxygen atoms in total. The fourth-order valence-corrected chi connectivity index (χ4v) is 4.44. The smallest absolute Gasteiger partial charge is 0.409 e. The van der Waals surface area contributed by atoms with E-state index in [1.165, 1.54) is 34.1 Å². The monoisotopic (exact) mass is 603 g/mol. The van der Waals surface area contributed by atoms with Crippen LogP contribution in [0.3, 0.4) is 0 Å². The molecule has 3 rings (SSSR count). The lowest BCUT2D eigenvalue weighted by Crippen LogP contribution is -2.32. The van der Waals surface area contributed by atoms with Crippen molar-refractivity contribution in [2.45, 2.75) is 12.8 Å². The van der Waals surface area contributed by atoms with Crippen LogP contribution in [0.15, 0.2) is 48.5 Å². The molecule has 0 aliphatic heterocycles. The molecule has 0 radical (unpaired) electrons. The summed E-state index contributed by atoms with van der Waals surface area (Å²) in [5, 5.41) is 0. The summed E-state index contributed by atoms with van der Waals surface area (Å²) in [4.78, 5) is 24.7. The van der Waals surface area contributed by atoms with Crippen LogP contribution in [0.2, 0.25) is 0 Å². The van der Waals surface area contributed by atoms with E-state index in [4.69, 9.17) is 37.9 Å². The van der Waals surface area contributed by atoms with Crippen molar-refractivity contribution in [1.29, 1.82) is 0 Å². The Balaban J connectivity index is 1.08. The second-order valence-corrected chi connectivity index (χ2v) is 9.74. The molecule has 11 heteroatoms. The van der Waals surface area contributed by atoms with Crippen LogP contribution in [0.1, 0.15) is 24.0 Å². The number of amides is 1. The normalized spacial score (nSPS) is 12.1. The Labute approximate surface area is 254 Å². The molecule has 2 aromatic carbocycles. The zero-order valence-corrected chi connectivity index (χ0v) is 25.3. The van der Waals surface area contributed by atoms with Gasteiger partial charge in [0.1, 0.15) is 13.2 Å². The number of nitrogens with zero attached hydrogens (tertiary/aromatic N) is 1. The molecular weight excluding hydrogens is 558 g/mol. The topological polar surface area (TPSA) is 111 Å². The van der Waals surface area contributed by atoms with Gasteiger partial charge in [-0.1, -0.05) is 48.5 Å². The number of rotatable bonds is 23. The van der Waals surface area contributed by atoms with Gasteiger partial charge in [0.05, 0.1) is 79.3 Å². The van der Waals surface area contributed by atoms with Gasteiger partial charge in [-0.25, -0.2) is 4.79 Å². The van der Waals surface area contributed by atoms with Crippen molar-refractivity contribution in [3.8, 4) is 11.1 Å². The Bertz CT molecular complexity index is 1040. The van der Waals surface area contributed by atoms with E-state index in [0.29, 0.717) is 92.4 Å². The summed E-state index contributed by atoms with van der Waals surface area (Å²) in [6, 6.07) is 16.6. The number of ether oxygens (including phenoxy) is 8. The standard InChI is InChI=1S/C32H45NO10/c1-26(34)42-24-23-41-22-21-40-20-19-39-18-17-38-16-15-37-14-13-36-12-11-33(2)32(35)43-25-31-29-9-5-3-7-27(29)28-8-4-6-10-30(28)31/h3-10,31H,11-25H2,1-2H3. The van der Waals surface area contributed by atoms with E-state index in [0.717, 1.165) is 0 Å². The molecule has 2 aromatic rings. The van der Waals surface area contributed by atoms with Crippen LogP contribution in [0.5, 0.6) is 0 Å². The second kappa shape index (κ2) is 20.8. The summed E-state index contributed by atoms with van der Waals surface area (Å²) in [5.41, 5.74) is 4.79. The molecule has 0 saturated carbocycles. The number of hydrogen-bond donors (Lipinski definition) is 0. The third kappa shape index (κ3) is 13.0. The lowest BCUT2D eigenvalue weighted by molar-refractivity contribution is -0.142. The van der Waals surface area contributed by atoms with Crippen LogP contribution in [-0.2, 0) is 42.7 Å². The van der Waals surface area contributed by atoms with Crippen molar-refractivity contribution >= 4 is 12.1 Å². The molecule has 0 unspecified atom stereocenters. The summed E-state index contributed by atoms with van der Waals surface area (Å²) >= 11 is 0. The molecule has 238 valence electrons. The molecular formula is C32H45NO10. The van der Waals surface area contributed by atoms with Crippen molar-refractivity contribution in [3.05, 3.63) is 59.7 Å². The number of carbonyl (C=O) groups is 2. The van der Waals surface area contributed by atoms with E-state index in [1.54, 1.807) is 7.05 Å². The predicted molar refractivity (Wildman–Crippen MR) is 159 cm³/mol. The molecule has 0 aromatic heterocycles. The third-order valence-corrected chi connectivity index (χ3v) is 6.61. The quantitative estimate of drug-likeness (QED) is 0.138. The van der Waals surface area contributed by atoms with Crippen LogP contribution < -0.4 is 0 Å². The highest BCUT2D eigenvalue weighted by atomic mass is 16.6. The molecule has 1 amide bonds. The van der Waals surface area contributed by atoms with Crippen molar-refractivity contribution < 1.29 is 47.5 Å². The van der Waals surface area contributed by atoms with Gasteiger partial charge in [0.25, 0.3) is 0 Å². The van der Waals surface area contributed by atoms with Crippen molar-refractivity contribution in [2.24, 2.45) is 0 Å². The zero-order valence-electron chi connectivity index (χ0n) is 25.3. The van der Waals surface area contributed by atoms with Gasteiger partial charge in [-0.3, -0.25) is 4.79 Å². The SMILES string of the molecule is CC(=O)OCCOCCOCCOCCOCCOCCOCCN(C)C(=O)OCC1c2ccccc2-c2ccccc21. The number of benzene rings is 2. The Morgan fingerprint density at radius 3 is 1.42 bits per heavy atom. The highest BCUT2D eigenvalue weighted by Gasteiger charge is 2.29. The first-order valence-corrected chi connectivity index (χ1v) is 14.7. The maximum absolute atomic E-state index is 12.6. The van der Waals surface area contributed by atoms with Gasteiger partial charge < -0.3 is 42.8 Å². The maximum Gasteiger partial charge on any atom is 0.409 e. The van der Waals surface area contributed by atoms with Gasteiger partial charge >= 0.3 is 12.1 Å². The Morgan fingerprint density at radius 2 is 0.977 bits per heavy atom. The lowest BCUT2D eigenvalue weighted by Gasteiger charge is -2.19. The lowest BCUT2D eigenvalue weighted by atomic mass is 9.98. The summed E-state index contributed by atoms with van der Waals surface area (Å²) < 4.78 is 43.1. The van der Waals surface area contributed by atoms with E-state index in [-0.39, 0.29) is 24.6 Å². The summed E-state index contributed by atoms with van der Waals surface area (Å²) in [6.07, 6.45) is -0.366. The first kappa shape index (κ1) is 34.4. The minimum absolute atomic E-state index is 0.0402. The number of fused-ring (bicyclic) bond motifs is 3. The molecule has 0 bridgehead atoms. The highest BCUT2D eigenvalue weighted by Crippen LogP contribution is 2.44. The first-order chi connectivity index (χ1) is 21.1. The Hall–Kier alpha value is -3.06. The fraction of sp³-hybridized carbons (Fsp3) is 0.562. The third-order valence-electron chi connectivity index (χ3n) is 6.61. The predicted octanol–water partition coefficient (Wildman–Crippen LogP) is 3.53. The molecule has 0 atom stereocenters. The first-order valence-electron chi connectivity index (χ1n) is 14.7. The number of esters is 1. The summed E-state index contributed by atoms with van der Waals surface area (Å²) in [5.74, 6) is -0.275. The van der Waals surface area contributed by atoms with Gasteiger partial charge in [-0.2, -0.15) is 0 Å². The Morgan fingerprint density at radius 1 is 0.581 bits per heavy atom. The number of likely N-dealkylation sites (N-methyl/N-ethyl adjacent to an activating group) is 1. The minimum atomic E-state index is -0.366. The van der Waals surface area contributed by atoms with Gasteiger partial charge in [0.2, 0.25) is 0 Å². The molecule has 1 aliphatic rings. The van der Waals surface area contributed by atoms with Gasteiger partial charge in [-0.05, 0) is 22.3 Å². The maximum atomic E-state index is 12.6. The van der Waals surface area contributed by atoms with Crippen LogP contribution in [0.25, 0.3) is 11.1 Å². The van der Waals surface area contributed by atoms with Crippen LogP contribution >= 0.6 is 0 Å². The number of carbonyl (C=O) groups excluding carboxylic acids is 2. The molecule has 0 N–H and O–H groups in total. The van der Waals surface area contributed by atoms with Crippen LogP contribution in [0, 0.1) is 0 Å². The van der Waals surface area contributed by atoms with Gasteiger partial charge in [0, 0.05) is 26.4 Å². The largest absolute Gasteiger partial charge is 0.463 e. The van der Waals surface area contributed by atoms with Crippen LogP contribution in [0.4, 0.5) is 4.79 Å².